The Labute approximate surface area is 671 Å². The lowest BCUT2D eigenvalue weighted by Gasteiger charge is -2.28. The van der Waals surface area contributed by atoms with Crippen molar-refractivity contribution in [2.24, 2.45) is 25.5 Å². The second-order valence-electron chi connectivity index (χ2n) is 26.0. The van der Waals surface area contributed by atoms with Crippen LogP contribution >= 0.6 is 47.0 Å². The molecule has 5 aliphatic heterocycles. The third-order valence-corrected chi connectivity index (χ3v) is 21.3. The smallest absolute Gasteiger partial charge is 0.270 e. The fraction of sp³-hybridized carbons (Fsp3) is 0.205. The number of nitrogens with zero attached hydrogens (tertiary/aromatic N) is 13. The van der Waals surface area contributed by atoms with Gasteiger partial charge in [-0.1, -0.05) is 76.8 Å². The SMILES string of the molecule is CC(=O)CSC1=NN=C(c2cc(-c3ccc(NC(C)=O)cc3)cc([N+](=O)[O-])c2)C1.CC(=O)CSC1=[NH+]N=C(c2cc(N=O)cc(-c3ccc4c(c3)OCCN4C)c2)C1.CC(=O)CSc1n[nH]c(-c2cc(-c3ccc4c(c3)N=CC4)cc([N+](=O)[O-])c2)n1.CC(=O)CSc1n[nH]c(-c2cc(-c3ccc4c(c3)OCO4)cc([N+](=O)[O-])c2)n1.[OH-]. The number of likely N-dealkylation sites (N-methyl/N-ethyl adjacent to an activating group) is 1. The van der Waals surface area contributed by atoms with Gasteiger partial charge in [-0.3, -0.25) is 69.5 Å². The van der Waals surface area contributed by atoms with Crippen molar-refractivity contribution >= 4 is 144 Å². The molecule has 1 amide bonds. The zero-order valence-corrected chi connectivity index (χ0v) is 65.4. The summed E-state index contributed by atoms with van der Waals surface area (Å²) in [5.74, 6) is 4.15. The lowest BCUT2D eigenvalue weighted by atomic mass is 9.98. The Balaban J connectivity index is 0.000000151. The van der Waals surface area contributed by atoms with Gasteiger partial charge in [0, 0.05) is 97.4 Å². The number of aromatic amines is 2. The lowest BCUT2D eigenvalue weighted by Crippen LogP contribution is -2.62. The molecule has 0 spiro atoms. The average molecular weight is 1630 g/mol. The van der Waals surface area contributed by atoms with Crippen molar-refractivity contribution in [1.82, 2.24) is 30.4 Å². The number of aliphatic imine (C=N–C) groups is 1. The molecule has 0 aliphatic carbocycles. The minimum Gasteiger partial charge on any atom is -0.870 e. The summed E-state index contributed by atoms with van der Waals surface area (Å²) >= 11 is 5.19. The van der Waals surface area contributed by atoms with Crippen molar-refractivity contribution in [3.8, 4) is 84.5 Å². The molecule has 0 fully saturated rings. The maximum Gasteiger partial charge on any atom is 0.270 e. The molecule has 10 aromatic rings. The van der Waals surface area contributed by atoms with Crippen LogP contribution in [0.4, 0.5) is 39.8 Å². The number of Topliss-reactive ketones (excluding diaryl/α,β-unsaturated/α-hetero) is 4. The summed E-state index contributed by atoms with van der Waals surface area (Å²) in [7, 11) is 2.04. The molecule has 7 heterocycles. The van der Waals surface area contributed by atoms with E-state index in [1.165, 1.54) is 111 Å². The molecule has 5 aliphatic rings. The van der Waals surface area contributed by atoms with Crippen molar-refractivity contribution in [2.75, 3.05) is 60.2 Å². The number of nitro benzene ring substituents is 3. The van der Waals surface area contributed by atoms with E-state index in [1.807, 2.05) is 73.9 Å². The predicted molar refractivity (Wildman–Crippen MR) is 441 cm³/mol. The molecule has 0 atom stereocenters. The molecule has 33 nitrogen and oxygen atoms in total. The van der Waals surface area contributed by atoms with E-state index in [-0.39, 0.29) is 69.9 Å². The number of nitro groups is 3. The lowest BCUT2D eigenvalue weighted by molar-refractivity contribution is -0.455. The fourth-order valence-corrected chi connectivity index (χ4v) is 14.3. The maximum absolute atomic E-state index is 11.4. The largest absolute Gasteiger partial charge is 0.870 e. The average Bonchev–Trinajstić information content (AvgIpc) is 1.78. The van der Waals surface area contributed by atoms with Crippen molar-refractivity contribution in [2.45, 2.75) is 64.2 Å². The number of hydrogen-bond acceptors (Lipinski definition) is 30. The summed E-state index contributed by atoms with van der Waals surface area (Å²) in [6.45, 7) is 9.13. The molecule has 37 heteroatoms. The second kappa shape index (κ2) is 37.9. The molecule has 0 unspecified atom stereocenters. The molecular weight excluding hydrogens is 1560 g/mol. The van der Waals surface area contributed by atoms with Crippen LogP contribution in [0, 0.1) is 35.3 Å². The number of amides is 1. The number of hydrogen-bond donors (Lipinski definition) is 4. The van der Waals surface area contributed by atoms with E-state index in [4.69, 9.17) is 14.2 Å². The molecule has 0 saturated carbocycles. The summed E-state index contributed by atoms with van der Waals surface area (Å²) < 4.78 is 16.5. The first-order chi connectivity index (χ1) is 54.8. The van der Waals surface area contributed by atoms with E-state index in [0.29, 0.717) is 120 Å². The van der Waals surface area contributed by atoms with Gasteiger partial charge >= 0.3 is 0 Å². The zero-order valence-electron chi connectivity index (χ0n) is 62.1. The molecule has 2 aromatic heterocycles. The number of benzene rings is 8. The number of ketones is 4. The topological polar surface area (TPSA) is 464 Å². The van der Waals surface area contributed by atoms with Gasteiger partial charge in [-0.15, -0.1) is 32.0 Å². The summed E-state index contributed by atoms with van der Waals surface area (Å²) in [5.41, 5.74) is 14.1. The monoisotopic (exact) mass is 1630 g/mol. The number of carbonyl (C=O) groups excluding carboxylic acids is 5. The van der Waals surface area contributed by atoms with Crippen molar-refractivity contribution in [3.05, 3.63) is 204 Å². The minimum absolute atomic E-state index is 0. The maximum atomic E-state index is 11.4. The first-order valence-electron chi connectivity index (χ1n) is 34.8. The Morgan fingerprint density at radius 1 is 0.530 bits per heavy atom. The van der Waals surface area contributed by atoms with E-state index in [1.54, 1.807) is 61.5 Å². The van der Waals surface area contributed by atoms with Crippen LogP contribution in [0.3, 0.4) is 0 Å². The molecule has 115 heavy (non-hydrogen) atoms. The van der Waals surface area contributed by atoms with E-state index in [2.05, 4.69) is 71.2 Å². The van der Waals surface area contributed by atoms with E-state index < -0.39 is 14.8 Å². The Bertz CT molecular complexity index is 5660. The van der Waals surface area contributed by atoms with Crippen LogP contribution in [0.25, 0.3) is 67.3 Å². The fourth-order valence-electron chi connectivity index (χ4n) is 11.7. The van der Waals surface area contributed by atoms with E-state index in [0.717, 1.165) is 79.8 Å². The van der Waals surface area contributed by atoms with Gasteiger partial charge in [0.2, 0.25) is 28.1 Å². The van der Waals surface area contributed by atoms with Crippen LogP contribution < -0.4 is 29.5 Å². The molecule has 5 N–H and O–H groups in total. The number of aromatic nitrogens is 6. The zero-order chi connectivity index (χ0) is 80.7. The van der Waals surface area contributed by atoms with Crippen molar-refractivity contribution < 1.29 is 63.5 Å². The Morgan fingerprint density at radius 3 is 1.62 bits per heavy atom. The molecule has 0 radical (unpaired) electrons. The Morgan fingerprint density at radius 2 is 1.03 bits per heavy atom. The van der Waals surface area contributed by atoms with Crippen LogP contribution in [-0.2, 0) is 30.4 Å². The highest BCUT2D eigenvalue weighted by atomic mass is 32.2. The van der Waals surface area contributed by atoms with E-state index in [9.17, 15) is 59.2 Å². The van der Waals surface area contributed by atoms with Crippen LogP contribution in [0.15, 0.2) is 187 Å². The summed E-state index contributed by atoms with van der Waals surface area (Å²) in [6, 6.07) is 44.1. The van der Waals surface area contributed by atoms with Gasteiger partial charge in [-0.25, -0.2) is 9.97 Å². The van der Waals surface area contributed by atoms with Gasteiger partial charge in [-0.05, 0) is 167 Å². The highest BCUT2D eigenvalue weighted by Gasteiger charge is 2.27. The highest BCUT2D eigenvalue weighted by molar-refractivity contribution is 8.14. The molecule has 586 valence electrons. The molecule has 8 aromatic carbocycles. The van der Waals surface area contributed by atoms with Crippen LogP contribution in [0.5, 0.6) is 17.2 Å². The Kier molecular flexibility index (Phi) is 27.3. The molecular formula is C78H69N17O16S4. The predicted octanol–water partition coefficient (Wildman–Crippen LogP) is 13.8. The molecule has 15 rings (SSSR count). The number of thioether (sulfide) groups is 4. The number of fused-ring (bicyclic) bond motifs is 3. The van der Waals surface area contributed by atoms with E-state index >= 15 is 0 Å². The number of rotatable bonds is 23. The van der Waals surface area contributed by atoms with Gasteiger partial charge < -0.3 is 29.9 Å². The second-order valence-corrected chi connectivity index (χ2v) is 30.0. The number of anilines is 2. The van der Waals surface area contributed by atoms with Gasteiger partial charge in [-0.2, -0.15) is 5.10 Å². The van der Waals surface area contributed by atoms with Gasteiger partial charge in [0.25, 0.3) is 17.1 Å². The summed E-state index contributed by atoms with van der Waals surface area (Å²) in [4.78, 5) is 115. The standard InChI is InChI=1S/C21H20N4O3S.C20H18N4O4S.C19H15N5O3S.C18H14N4O5S.H2O/c1-13(26)12-29-21-11-18(22-23-21)16-7-15(8-17(9-16)24-27)14-3-4-19-20(10-14)28-6-5-25(19)2;1-12(25)11-29-20-10-19(22-23-20)16-7-15(8-18(9-16)24(27)28)14-3-5-17(6-4-14)21-13(2)26;1-11(25)10-28-19-21-18(22-23-19)15-6-14(7-16(8-15)24(26)27)13-3-2-12-4-5-20-17(12)9-13;1-10(23)8-28-18-19-17(20-21-18)13-4-12(5-14(6-13)22(24)25)11-2-3-15-16(7-11)27-9-26-15;/h3-4,7-10H,5-6,11-12H2,1-2H3;3-9H,10-11H2,1-2H3,(H,21,26);2-3,5-9H,4,10H2,1H3,(H,21,22,23);2-7H,8-9H2,1H3,(H,19,20,21);1H2. The third kappa shape index (κ3) is 22.0. The van der Waals surface area contributed by atoms with Crippen molar-refractivity contribution in [1.29, 1.82) is 0 Å². The first kappa shape index (κ1) is 82.9. The normalized spacial score (nSPS) is 13.0. The summed E-state index contributed by atoms with van der Waals surface area (Å²) in [5, 5.41) is 71.8. The number of nitrogens with one attached hydrogen (secondary N) is 4. The van der Waals surface area contributed by atoms with Crippen LogP contribution in [-0.4, -0.2) is 157 Å². The minimum atomic E-state index is -0.457. The number of non-ortho nitro benzene ring substituents is 3. The van der Waals surface area contributed by atoms with Crippen LogP contribution in [0.1, 0.15) is 64.2 Å². The number of carbonyl (C=O) groups is 5. The summed E-state index contributed by atoms with van der Waals surface area (Å²) in [6.07, 6.45) is 3.68. The Hall–Kier alpha value is -13.1. The number of nitroso groups, excluding NO2 is 1. The highest BCUT2D eigenvalue weighted by Crippen LogP contribution is 2.41. The van der Waals surface area contributed by atoms with Gasteiger partial charge in [0.15, 0.2) is 23.1 Å². The van der Waals surface area contributed by atoms with Crippen molar-refractivity contribution in [3.63, 3.8) is 0 Å². The third-order valence-electron chi connectivity index (χ3n) is 17.1. The molecule has 0 bridgehead atoms. The van der Waals surface area contributed by atoms with Gasteiger partial charge in [0.1, 0.15) is 51.9 Å². The van der Waals surface area contributed by atoms with Crippen LogP contribution in [0.2, 0.25) is 0 Å². The molecule has 0 saturated heterocycles. The first-order valence-corrected chi connectivity index (χ1v) is 38.7. The quantitative estimate of drug-likeness (QED) is 0.0200. The van der Waals surface area contributed by atoms with Gasteiger partial charge in [0.05, 0.1) is 67.8 Å². The number of H-pyrrole nitrogens is 2. The number of hydrazone groups is 1. The number of ether oxygens (including phenoxy) is 3.